The maximum atomic E-state index is 13.5. The third-order valence-corrected chi connectivity index (χ3v) is 3.62. The second-order valence-corrected chi connectivity index (χ2v) is 5.63. The second-order valence-electron chi connectivity index (χ2n) is 5.63. The van der Waals surface area contributed by atoms with Crippen LogP contribution in [-0.4, -0.2) is 46.5 Å². The van der Waals surface area contributed by atoms with Crippen LogP contribution in [0.3, 0.4) is 0 Å². The van der Waals surface area contributed by atoms with Crippen molar-refractivity contribution in [1.29, 1.82) is 0 Å². The molecule has 1 unspecified atom stereocenters. The van der Waals surface area contributed by atoms with Gasteiger partial charge in [-0.3, -0.25) is 9.78 Å². The van der Waals surface area contributed by atoms with Crippen molar-refractivity contribution in [2.45, 2.75) is 18.2 Å². The summed E-state index contributed by atoms with van der Waals surface area (Å²) >= 11 is 0. The molecule has 3 N–H and O–H groups in total. The summed E-state index contributed by atoms with van der Waals surface area (Å²) in [4.78, 5) is 15.7. The molecule has 0 aliphatic carbocycles. The van der Waals surface area contributed by atoms with Crippen molar-refractivity contribution >= 4 is 5.91 Å². The summed E-state index contributed by atoms with van der Waals surface area (Å²) in [6.07, 6.45) is -5.70. The molecule has 5 nitrogen and oxygen atoms in total. The number of hydrogen-bond acceptors (Lipinski definition) is 4. The summed E-state index contributed by atoms with van der Waals surface area (Å²) in [6, 6.07) is 6.39. The summed E-state index contributed by atoms with van der Waals surface area (Å²) < 4.78 is 64.5. The first kappa shape index (κ1) is 20.7. The molecule has 10 heteroatoms. The Labute approximate surface area is 150 Å². The molecule has 0 aliphatic rings. The minimum Gasteiger partial charge on any atom is -0.394 e. The highest BCUT2D eigenvalue weighted by Crippen LogP contribution is 2.44. The number of carbonyl (C=O) groups excluding carboxylic acids is 1. The quantitative estimate of drug-likeness (QED) is 0.662. The number of rotatable bonds is 6. The van der Waals surface area contributed by atoms with E-state index in [1.54, 1.807) is 0 Å². The Kier molecular flexibility index (Phi) is 6.11. The van der Waals surface area contributed by atoms with E-state index in [-0.39, 0.29) is 23.4 Å². The summed E-state index contributed by atoms with van der Waals surface area (Å²) in [5, 5.41) is 20.2. The summed E-state index contributed by atoms with van der Waals surface area (Å²) in [5.74, 6) is -5.64. The van der Waals surface area contributed by atoms with Crippen LogP contribution in [0.2, 0.25) is 0 Å². The van der Waals surface area contributed by atoms with E-state index < -0.39 is 36.3 Å². The predicted molar refractivity (Wildman–Crippen MR) is 85.0 cm³/mol. The molecule has 27 heavy (non-hydrogen) atoms. The summed E-state index contributed by atoms with van der Waals surface area (Å²) in [7, 11) is 0. The van der Waals surface area contributed by atoms with Crippen LogP contribution in [0.5, 0.6) is 0 Å². The third-order valence-electron chi connectivity index (χ3n) is 3.62. The Hall–Kier alpha value is -2.59. The number of alkyl halides is 5. The van der Waals surface area contributed by atoms with Gasteiger partial charge in [-0.05, 0) is 17.7 Å². The van der Waals surface area contributed by atoms with Gasteiger partial charge in [-0.25, -0.2) is 0 Å². The number of nitrogens with one attached hydrogen (secondary N) is 1. The van der Waals surface area contributed by atoms with Crippen LogP contribution in [0.1, 0.15) is 16.1 Å². The number of carbonyl (C=O) groups is 1. The van der Waals surface area contributed by atoms with E-state index in [0.29, 0.717) is 12.1 Å². The predicted octanol–water partition coefficient (Wildman–Crippen LogP) is 2.49. The first-order valence-corrected chi connectivity index (χ1v) is 7.65. The molecule has 2 rings (SSSR count). The summed E-state index contributed by atoms with van der Waals surface area (Å²) in [5.41, 5.74) is -0.943. The van der Waals surface area contributed by atoms with E-state index >= 15 is 0 Å². The fourth-order valence-electron chi connectivity index (χ4n) is 2.12. The van der Waals surface area contributed by atoms with Crippen LogP contribution >= 0.6 is 0 Å². The molecule has 0 saturated heterocycles. The van der Waals surface area contributed by atoms with Gasteiger partial charge in [0.1, 0.15) is 5.69 Å². The van der Waals surface area contributed by atoms with Gasteiger partial charge in [-0.1, -0.05) is 24.3 Å². The van der Waals surface area contributed by atoms with Gasteiger partial charge in [0.05, 0.1) is 12.7 Å². The first-order chi connectivity index (χ1) is 12.6. The SMILES string of the molecule is O=C(NCC(O)CO)c1ccc(-c2cccc(C(F)(F)C(F)(F)F)c2)cn1. The molecule has 2 aromatic rings. The van der Waals surface area contributed by atoms with Gasteiger partial charge in [-0.2, -0.15) is 22.0 Å². The van der Waals surface area contributed by atoms with E-state index in [9.17, 15) is 26.7 Å². The highest BCUT2D eigenvalue weighted by atomic mass is 19.4. The summed E-state index contributed by atoms with van der Waals surface area (Å²) in [6.45, 7) is -0.737. The number of aromatic nitrogens is 1. The van der Waals surface area contributed by atoms with E-state index in [1.165, 1.54) is 18.2 Å². The molecular formula is C17H15F5N2O3. The molecule has 1 heterocycles. The number of aliphatic hydroxyl groups is 2. The molecule has 146 valence electrons. The van der Waals surface area contributed by atoms with Crippen LogP contribution in [0, 0.1) is 0 Å². The van der Waals surface area contributed by atoms with Gasteiger partial charge < -0.3 is 15.5 Å². The average Bonchev–Trinajstić information content (AvgIpc) is 2.65. The van der Waals surface area contributed by atoms with Gasteiger partial charge in [0.2, 0.25) is 0 Å². The molecule has 1 aromatic carbocycles. The average molecular weight is 390 g/mol. The standard InChI is InChI=1S/C17H15F5N2O3/c18-16(19,17(20,21)22)12-3-1-2-10(6-12)11-4-5-14(23-7-11)15(27)24-8-13(26)9-25/h1-7,13,25-26H,8-9H2,(H,24,27). The van der Waals surface area contributed by atoms with Crippen LogP contribution in [0.4, 0.5) is 22.0 Å². The number of benzene rings is 1. The molecular weight excluding hydrogens is 375 g/mol. The number of halogens is 5. The number of nitrogens with zero attached hydrogens (tertiary/aromatic N) is 1. The molecule has 0 saturated carbocycles. The fourth-order valence-corrected chi connectivity index (χ4v) is 2.12. The lowest BCUT2D eigenvalue weighted by molar-refractivity contribution is -0.289. The molecule has 0 radical (unpaired) electrons. The van der Waals surface area contributed by atoms with E-state index in [4.69, 9.17) is 10.2 Å². The first-order valence-electron chi connectivity index (χ1n) is 7.65. The lowest BCUT2D eigenvalue weighted by Gasteiger charge is -2.20. The maximum absolute atomic E-state index is 13.5. The van der Waals surface area contributed by atoms with Gasteiger partial charge in [-0.15, -0.1) is 0 Å². The van der Waals surface area contributed by atoms with Gasteiger partial charge in [0, 0.05) is 23.9 Å². The van der Waals surface area contributed by atoms with E-state index in [0.717, 1.165) is 12.3 Å². The fraction of sp³-hybridized carbons (Fsp3) is 0.294. The van der Waals surface area contributed by atoms with Crippen molar-refractivity contribution in [3.05, 3.63) is 53.9 Å². The monoisotopic (exact) mass is 390 g/mol. The molecule has 0 fully saturated rings. The number of hydrogen-bond donors (Lipinski definition) is 3. The topological polar surface area (TPSA) is 82.5 Å². The molecule has 1 amide bonds. The zero-order chi connectivity index (χ0) is 20.2. The normalized spacial score (nSPS) is 13.3. The van der Waals surface area contributed by atoms with Crippen molar-refractivity contribution in [2.75, 3.05) is 13.2 Å². The van der Waals surface area contributed by atoms with Gasteiger partial charge in [0.15, 0.2) is 0 Å². The highest BCUT2D eigenvalue weighted by molar-refractivity contribution is 5.92. The van der Waals surface area contributed by atoms with Crippen LogP contribution in [0.15, 0.2) is 42.6 Å². The maximum Gasteiger partial charge on any atom is 0.458 e. The number of pyridine rings is 1. The van der Waals surface area contributed by atoms with Crippen LogP contribution < -0.4 is 5.32 Å². The van der Waals surface area contributed by atoms with Gasteiger partial charge in [0.25, 0.3) is 5.91 Å². The zero-order valence-corrected chi connectivity index (χ0v) is 13.7. The lowest BCUT2D eigenvalue weighted by Crippen LogP contribution is -2.34. The highest BCUT2D eigenvalue weighted by Gasteiger charge is 2.58. The van der Waals surface area contributed by atoms with Gasteiger partial charge >= 0.3 is 12.1 Å². The van der Waals surface area contributed by atoms with Crippen molar-refractivity contribution in [3.8, 4) is 11.1 Å². The van der Waals surface area contributed by atoms with Crippen molar-refractivity contribution in [2.24, 2.45) is 0 Å². The van der Waals surface area contributed by atoms with Crippen LogP contribution in [-0.2, 0) is 5.92 Å². The Morgan fingerprint density at radius 2 is 1.81 bits per heavy atom. The molecule has 0 spiro atoms. The number of aliphatic hydroxyl groups excluding tert-OH is 2. The largest absolute Gasteiger partial charge is 0.458 e. The molecule has 0 aliphatic heterocycles. The molecule has 1 atom stereocenters. The van der Waals surface area contributed by atoms with E-state index in [1.807, 2.05) is 0 Å². The molecule has 1 aromatic heterocycles. The minimum absolute atomic E-state index is 0.0549. The van der Waals surface area contributed by atoms with E-state index in [2.05, 4.69) is 10.3 Å². The van der Waals surface area contributed by atoms with Crippen molar-refractivity contribution in [3.63, 3.8) is 0 Å². The van der Waals surface area contributed by atoms with Crippen molar-refractivity contribution < 1.29 is 37.0 Å². The molecule has 0 bridgehead atoms. The lowest BCUT2D eigenvalue weighted by atomic mass is 10.0. The number of amides is 1. The van der Waals surface area contributed by atoms with Crippen molar-refractivity contribution in [1.82, 2.24) is 10.3 Å². The smallest absolute Gasteiger partial charge is 0.394 e. The Morgan fingerprint density at radius 1 is 1.11 bits per heavy atom. The third kappa shape index (κ3) is 4.77. The Morgan fingerprint density at radius 3 is 2.37 bits per heavy atom. The Balaban J connectivity index is 2.20. The second kappa shape index (κ2) is 7.97. The Bertz CT molecular complexity index is 794. The zero-order valence-electron chi connectivity index (χ0n) is 13.7. The minimum atomic E-state index is -5.72. The van der Waals surface area contributed by atoms with Crippen LogP contribution in [0.25, 0.3) is 11.1 Å².